The summed E-state index contributed by atoms with van der Waals surface area (Å²) in [5.41, 5.74) is 0.374. The number of carboxylic acids is 1. The van der Waals surface area contributed by atoms with E-state index in [9.17, 15) is 24.6 Å². The van der Waals surface area contributed by atoms with E-state index in [1.807, 2.05) is 38.1 Å². The second-order valence-corrected chi connectivity index (χ2v) is 12.3. The number of rotatable bonds is 12. The van der Waals surface area contributed by atoms with Gasteiger partial charge in [-0.1, -0.05) is 35.9 Å². The first-order valence-corrected chi connectivity index (χ1v) is 14.7. The molecule has 2 amide bonds. The molecule has 10 heteroatoms. The van der Waals surface area contributed by atoms with Crippen molar-refractivity contribution >= 4 is 45.1 Å². The van der Waals surface area contributed by atoms with E-state index in [4.69, 9.17) is 4.74 Å². The van der Waals surface area contributed by atoms with Crippen LogP contribution in [-0.2, 0) is 19.1 Å². The van der Waals surface area contributed by atoms with Gasteiger partial charge in [-0.3, -0.25) is 14.4 Å². The Balaban J connectivity index is 1.80. The van der Waals surface area contributed by atoms with Gasteiger partial charge in [0.25, 0.3) is 5.91 Å². The molecule has 7 atom stereocenters. The summed E-state index contributed by atoms with van der Waals surface area (Å²) in [4.78, 5) is 45.9. The highest BCUT2D eigenvalue weighted by Gasteiger charge is 2.77. The van der Waals surface area contributed by atoms with E-state index in [0.717, 1.165) is 18.8 Å². The van der Waals surface area contributed by atoms with Gasteiger partial charge in [0.15, 0.2) is 0 Å². The Kier molecular flexibility index (Phi) is 8.78. The van der Waals surface area contributed by atoms with Gasteiger partial charge in [-0.15, -0.1) is 6.58 Å². The van der Waals surface area contributed by atoms with Gasteiger partial charge in [-0.05, 0) is 56.9 Å². The SMILES string of the molecule is C=CCN(C(=O)[C@H]1N([C@@H](CO)CC(C)C)C(=O)[C@@H]2[C@@H](C(=O)O)[C@@H]3O[C@@]21CC3Br)c1ccc(N(CC)CC)cc1. The van der Waals surface area contributed by atoms with E-state index >= 15 is 0 Å². The normalized spacial score (nSPS) is 30.0. The first-order chi connectivity index (χ1) is 18.6. The monoisotopic (exact) mass is 605 g/mol. The summed E-state index contributed by atoms with van der Waals surface area (Å²) in [6, 6.07) is 5.96. The molecule has 39 heavy (non-hydrogen) atoms. The molecule has 3 saturated heterocycles. The fraction of sp³-hybridized carbons (Fsp3) is 0.621. The number of likely N-dealkylation sites (tertiary alicyclic amines) is 1. The van der Waals surface area contributed by atoms with Gasteiger partial charge in [-0.2, -0.15) is 0 Å². The van der Waals surface area contributed by atoms with Crippen molar-refractivity contribution in [1.29, 1.82) is 0 Å². The molecule has 2 bridgehead atoms. The number of aliphatic carboxylic acids is 1. The number of anilines is 2. The molecule has 3 aliphatic rings. The number of carbonyl (C=O) groups excluding carboxylic acids is 2. The van der Waals surface area contributed by atoms with E-state index < -0.39 is 47.5 Å². The van der Waals surface area contributed by atoms with Gasteiger partial charge in [-0.25, -0.2) is 0 Å². The number of fused-ring (bicyclic) bond motifs is 1. The zero-order valence-corrected chi connectivity index (χ0v) is 24.7. The van der Waals surface area contributed by atoms with Crippen molar-refractivity contribution in [3.8, 4) is 0 Å². The summed E-state index contributed by atoms with van der Waals surface area (Å²) in [5, 5.41) is 20.5. The molecular weight excluding hydrogens is 566 g/mol. The second-order valence-electron chi connectivity index (χ2n) is 11.1. The van der Waals surface area contributed by atoms with Crippen LogP contribution in [0.5, 0.6) is 0 Å². The summed E-state index contributed by atoms with van der Waals surface area (Å²) in [7, 11) is 0. The summed E-state index contributed by atoms with van der Waals surface area (Å²) in [6.07, 6.45) is 1.71. The van der Waals surface area contributed by atoms with Gasteiger partial charge >= 0.3 is 5.97 Å². The molecule has 0 saturated carbocycles. The first-order valence-electron chi connectivity index (χ1n) is 13.8. The Hall–Kier alpha value is -2.43. The Morgan fingerprint density at radius 1 is 1.23 bits per heavy atom. The summed E-state index contributed by atoms with van der Waals surface area (Å²) in [6.45, 7) is 13.5. The third-order valence-corrected chi connectivity index (χ3v) is 9.31. The van der Waals surface area contributed by atoms with Crippen LogP contribution in [0, 0.1) is 17.8 Å². The molecule has 1 unspecified atom stereocenters. The predicted molar refractivity (Wildman–Crippen MR) is 153 cm³/mol. The van der Waals surface area contributed by atoms with Crippen LogP contribution in [-0.4, -0.2) is 87.8 Å². The number of carboxylic acid groups (broad SMARTS) is 1. The average Bonchev–Trinajstić information content (AvgIpc) is 3.50. The molecule has 1 spiro atoms. The molecule has 0 radical (unpaired) electrons. The number of carbonyl (C=O) groups is 3. The number of amides is 2. The lowest BCUT2D eigenvalue weighted by Crippen LogP contribution is -2.59. The van der Waals surface area contributed by atoms with Gasteiger partial charge < -0.3 is 29.6 Å². The Morgan fingerprint density at radius 2 is 1.85 bits per heavy atom. The van der Waals surface area contributed by atoms with Gasteiger partial charge in [0.05, 0.1) is 30.6 Å². The smallest absolute Gasteiger partial charge is 0.310 e. The van der Waals surface area contributed by atoms with Crippen LogP contribution in [0.1, 0.15) is 40.5 Å². The zero-order chi connectivity index (χ0) is 28.6. The lowest BCUT2D eigenvalue weighted by molar-refractivity contribution is -0.151. The van der Waals surface area contributed by atoms with Crippen LogP contribution in [0.4, 0.5) is 11.4 Å². The van der Waals surface area contributed by atoms with Gasteiger partial charge in [0.1, 0.15) is 11.6 Å². The zero-order valence-electron chi connectivity index (χ0n) is 23.1. The van der Waals surface area contributed by atoms with Crippen molar-refractivity contribution < 1.29 is 29.3 Å². The van der Waals surface area contributed by atoms with Crippen LogP contribution in [0.2, 0.25) is 0 Å². The Bertz CT molecular complexity index is 1090. The second kappa shape index (κ2) is 11.6. The quantitative estimate of drug-likeness (QED) is 0.278. The molecule has 3 aliphatic heterocycles. The molecule has 1 aromatic carbocycles. The van der Waals surface area contributed by atoms with Crippen molar-refractivity contribution in [3.05, 3.63) is 36.9 Å². The number of aliphatic hydroxyl groups is 1. The Labute approximate surface area is 238 Å². The van der Waals surface area contributed by atoms with Crippen molar-refractivity contribution in [2.45, 2.75) is 69.2 Å². The lowest BCUT2D eigenvalue weighted by atomic mass is 9.70. The first kappa shape index (κ1) is 29.6. The number of benzene rings is 1. The maximum atomic E-state index is 14.6. The van der Waals surface area contributed by atoms with Crippen LogP contribution >= 0.6 is 15.9 Å². The van der Waals surface area contributed by atoms with E-state index in [2.05, 4.69) is 41.3 Å². The fourth-order valence-electron chi connectivity index (χ4n) is 6.87. The summed E-state index contributed by atoms with van der Waals surface area (Å²) in [5.74, 6) is -3.85. The van der Waals surface area contributed by atoms with Crippen molar-refractivity contribution in [2.75, 3.05) is 36.0 Å². The lowest BCUT2D eigenvalue weighted by Gasteiger charge is -2.39. The molecule has 214 valence electrons. The average molecular weight is 607 g/mol. The van der Waals surface area contributed by atoms with Crippen LogP contribution in [0.15, 0.2) is 36.9 Å². The largest absolute Gasteiger partial charge is 0.481 e. The predicted octanol–water partition coefficient (Wildman–Crippen LogP) is 3.29. The molecule has 2 N–H and O–H groups in total. The molecule has 9 nitrogen and oxygen atoms in total. The fourth-order valence-corrected chi connectivity index (χ4v) is 7.82. The van der Waals surface area contributed by atoms with Crippen molar-refractivity contribution in [1.82, 2.24) is 4.90 Å². The van der Waals surface area contributed by atoms with E-state index in [-0.39, 0.29) is 29.8 Å². The molecular formula is C29H40BrN3O6. The maximum absolute atomic E-state index is 14.6. The number of hydrogen-bond acceptors (Lipinski definition) is 6. The number of ether oxygens (including phenoxy) is 1. The van der Waals surface area contributed by atoms with Crippen molar-refractivity contribution in [3.63, 3.8) is 0 Å². The van der Waals surface area contributed by atoms with Crippen LogP contribution in [0.25, 0.3) is 0 Å². The highest BCUT2D eigenvalue weighted by Crippen LogP contribution is 2.60. The molecule has 3 heterocycles. The third-order valence-electron chi connectivity index (χ3n) is 8.46. The number of nitrogens with zero attached hydrogens (tertiary/aromatic N) is 3. The van der Waals surface area contributed by atoms with E-state index in [1.54, 1.807) is 11.0 Å². The highest BCUT2D eigenvalue weighted by molar-refractivity contribution is 9.09. The molecule has 1 aromatic rings. The molecule has 0 aromatic heterocycles. The minimum absolute atomic E-state index is 0.136. The van der Waals surface area contributed by atoms with Crippen LogP contribution in [0.3, 0.4) is 0 Å². The maximum Gasteiger partial charge on any atom is 0.310 e. The summed E-state index contributed by atoms with van der Waals surface area (Å²) >= 11 is 3.58. The number of hydrogen-bond donors (Lipinski definition) is 2. The summed E-state index contributed by atoms with van der Waals surface area (Å²) < 4.78 is 6.40. The van der Waals surface area contributed by atoms with Gasteiger partial charge in [0, 0.05) is 35.8 Å². The minimum atomic E-state index is -1.30. The minimum Gasteiger partial charge on any atom is -0.481 e. The van der Waals surface area contributed by atoms with E-state index in [1.165, 1.54) is 4.90 Å². The third kappa shape index (κ3) is 4.89. The standard InChI is InChI=1S/C29H40BrN3O6/c1-6-13-32(19-11-9-18(10-12-19)31(7-2)8-3)27(36)25-29-15-21(30)24(39-29)22(28(37)38)23(29)26(35)33(25)20(16-34)14-17(4)5/h6,9-12,17,20-25,34H,1,7-8,13-16H2,2-5H3,(H,37,38)/t20-,21?,22-,23+,24-,25-,29+/m1/s1. The number of alkyl halides is 1. The number of aliphatic hydroxyl groups excluding tert-OH is 1. The topological polar surface area (TPSA) is 111 Å². The molecule has 3 fully saturated rings. The van der Waals surface area contributed by atoms with Crippen molar-refractivity contribution in [2.24, 2.45) is 17.8 Å². The number of halogens is 1. The Morgan fingerprint density at radius 3 is 2.36 bits per heavy atom. The van der Waals surface area contributed by atoms with E-state index in [0.29, 0.717) is 18.5 Å². The molecule has 4 rings (SSSR count). The highest BCUT2D eigenvalue weighted by atomic mass is 79.9. The van der Waals surface area contributed by atoms with Gasteiger partial charge in [0.2, 0.25) is 5.91 Å². The van der Waals surface area contributed by atoms with Crippen LogP contribution < -0.4 is 9.80 Å². The molecule has 0 aliphatic carbocycles.